The zero-order valence-electron chi connectivity index (χ0n) is 10.8. The SMILES string of the molecule is CCOC(=O)CCC(=O)OCc1cc(F)c(F)cc1F. The first-order chi connectivity index (χ1) is 9.43. The van der Waals surface area contributed by atoms with Gasteiger partial charge in [0, 0.05) is 11.6 Å². The van der Waals surface area contributed by atoms with Crippen molar-refractivity contribution in [2.24, 2.45) is 0 Å². The molecule has 0 aliphatic carbocycles. The van der Waals surface area contributed by atoms with Gasteiger partial charge in [0.15, 0.2) is 11.6 Å². The first kappa shape index (κ1) is 16.0. The van der Waals surface area contributed by atoms with E-state index in [2.05, 4.69) is 9.47 Å². The fourth-order valence-electron chi connectivity index (χ4n) is 1.34. The molecule has 0 unspecified atom stereocenters. The monoisotopic (exact) mass is 290 g/mol. The highest BCUT2D eigenvalue weighted by Crippen LogP contribution is 2.15. The number of rotatable bonds is 6. The Labute approximate surface area is 113 Å². The van der Waals surface area contributed by atoms with E-state index in [-0.39, 0.29) is 25.0 Å². The molecule has 0 heterocycles. The summed E-state index contributed by atoms with van der Waals surface area (Å²) in [5, 5.41) is 0. The predicted molar refractivity (Wildman–Crippen MR) is 62.0 cm³/mol. The zero-order valence-corrected chi connectivity index (χ0v) is 10.8. The molecule has 0 amide bonds. The van der Waals surface area contributed by atoms with E-state index in [4.69, 9.17) is 0 Å². The Bertz CT molecular complexity index is 503. The number of benzene rings is 1. The third-order valence-electron chi connectivity index (χ3n) is 2.32. The minimum absolute atomic E-state index is 0.160. The van der Waals surface area contributed by atoms with Crippen LogP contribution in [0.4, 0.5) is 13.2 Å². The summed E-state index contributed by atoms with van der Waals surface area (Å²) in [5.41, 5.74) is -0.284. The molecule has 0 bridgehead atoms. The minimum atomic E-state index is -1.32. The van der Waals surface area contributed by atoms with Crippen LogP contribution in [-0.2, 0) is 25.7 Å². The van der Waals surface area contributed by atoms with E-state index in [0.29, 0.717) is 12.1 Å². The van der Waals surface area contributed by atoms with Crippen LogP contribution in [0.2, 0.25) is 0 Å². The van der Waals surface area contributed by atoms with Crippen LogP contribution >= 0.6 is 0 Å². The van der Waals surface area contributed by atoms with E-state index >= 15 is 0 Å². The molecule has 0 radical (unpaired) electrons. The number of hydrogen-bond acceptors (Lipinski definition) is 4. The van der Waals surface area contributed by atoms with Gasteiger partial charge in [-0.3, -0.25) is 9.59 Å². The maximum Gasteiger partial charge on any atom is 0.306 e. The topological polar surface area (TPSA) is 52.6 Å². The normalized spacial score (nSPS) is 10.2. The van der Waals surface area contributed by atoms with E-state index in [9.17, 15) is 22.8 Å². The van der Waals surface area contributed by atoms with Crippen LogP contribution in [0, 0.1) is 17.5 Å². The second-order valence-electron chi connectivity index (χ2n) is 3.82. The van der Waals surface area contributed by atoms with Gasteiger partial charge < -0.3 is 9.47 Å². The fourth-order valence-corrected chi connectivity index (χ4v) is 1.34. The van der Waals surface area contributed by atoms with Crippen LogP contribution in [-0.4, -0.2) is 18.5 Å². The lowest BCUT2D eigenvalue weighted by Gasteiger charge is -2.06. The van der Waals surface area contributed by atoms with Crippen LogP contribution in [0.3, 0.4) is 0 Å². The average Bonchev–Trinajstić information content (AvgIpc) is 2.39. The summed E-state index contributed by atoms with van der Waals surface area (Å²) in [6.07, 6.45) is -0.392. The molecule has 20 heavy (non-hydrogen) atoms. The van der Waals surface area contributed by atoms with Gasteiger partial charge >= 0.3 is 11.9 Å². The van der Waals surface area contributed by atoms with Gasteiger partial charge in [0.2, 0.25) is 0 Å². The molecule has 0 aliphatic rings. The van der Waals surface area contributed by atoms with E-state index in [0.717, 1.165) is 0 Å². The number of halogens is 3. The molecule has 0 N–H and O–H groups in total. The molecule has 4 nitrogen and oxygen atoms in total. The molecular weight excluding hydrogens is 277 g/mol. The standard InChI is InChI=1S/C13H13F3O4/c1-2-19-12(17)3-4-13(18)20-7-8-5-10(15)11(16)6-9(8)14/h5-6H,2-4,7H2,1H3. The molecule has 7 heteroatoms. The van der Waals surface area contributed by atoms with Crippen molar-refractivity contribution >= 4 is 11.9 Å². The quantitative estimate of drug-likeness (QED) is 0.596. The summed E-state index contributed by atoms with van der Waals surface area (Å²) in [5.74, 6) is -4.88. The van der Waals surface area contributed by atoms with Crippen LogP contribution in [0.5, 0.6) is 0 Å². The molecule has 0 fully saturated rings. The van der Waals surface area contributed by atoms with Crippen LogP contribution < -0.4 is 0 Å². The smallest absolute Gasteiger partial charge is 0.306 e. The van der Waals surface area contributed by atoms with Gasteiger partial charge in [-0.25, -0.2) is 13.2 Å². The van der Waals surface area contributed by atoms with E-state index in [1.54, 1.807) is 6.92 Å². The van der Waals surface area contributed by atoms with E-state index in [1.165, 1.54) is 0 Å². The molecule has 0 aliphatic heterocycles. The third kappa shape index (κ3) is 4.91. The molecule has 1 aromatic carbocycles. The molecule has 0 atom stereocenters. The Hall–Kier alpha value is -2.05. The Kier molecular flexibility index (Phi) is 6.02. The summed E-state index contributed by atoms with van der Waals surface area (Å²) in [6, 6.07) is 0.987. The molecule has 1 aromatic rings. The second kappa shape index (κ2) is 7.52. The Morgan fingerprint density at radius 3 is 2.10 bits per heavy atom. The molecular formula is C13H13F3O4. The first-order valence-corrected chi connectivity index (χ1v) is 5.88. The lowest BCUT2D eigenvalue weighted by Crippen LogP contribution is -2.10. The summed E-state index contributed by atoms with van der Waals surface area (Å²) in [7, 11) is 0. The van der Waals surface area contributed by atoms with Crippen LogP contribution in [0.25, 0.3) is 0 Å². The molecule has 0 spiro atoms. The summed E-state index contributed by atoms with van der Waals surface area (Å²) >= 11 is 0. The molecule has 0 aromatic heterocycles. The Balaban J connectivity index is 2.45. The van der Waals surface area contributed by atoms with Gasteiger partial charge in [-0.15, -0.1) is 0 Å². The van der Waals surface area contributed by atoms with E-state index < -0.39 is 36.0 Å². The number of esters is 2. The highest BCUT2D eigenvalue weighted by molar-refractivity contribution is 5.77. The zero-order chi connectivity index (χ0) is 15.1. The lowest BCUT2D eigenvalue weighted by atomic mass is 10.2. The molecule has 1 rings (SSSR count). The summed E-state index contributed by atoms with van der Waals surface area (Å²) < 4.78 is 48.0. The second-order valence-corrected chi connectivity index (χ2v) is 3.82. The summed E-state index contributed by atoms with van der Waals surface area (Å²) in [4.78, 5) is 22.2. The third-order valence-corrected chi connectivity index (χ3v) is 2.32. The highest BCUT2D eigenvalue weighted by Gasteiger charge is 2.13. The number of ether oxygens (including phenoxy) is 2. The van der Waals surface area contributed by atoms with Gasteiger partial charge in [-0.2, -0.15) is 0 Å². The van der Waals surface area contributed by atoms with Gasteiger partial charge in [0.25, 0.3) is 0 Å². The molecule has 0 saturated carbocycles. The largest absolute Gasteiger partial charge is 0.466 e. The van der Waals surface area contributed by atoms with Gasteiger partial charge in [-0.1, -0.05) is 0 Å². The van der Waals surface area contributed by atoms with Gasteiger partial charge in [0.1, 0.15) is 12.4 Å². The first-order valence-electron chi connectivity index (χ1n) is 5.88. The summed E-state index contributed by atoms with van der Waals surface area (Å²) in [6.45, 7) is 1.29. The van der Waals surface area contributed by atoms with Crippen molar-refractivity contribution in [2.75, 3.05) is 6.61 Å². The molecule has 0 saturated heterocycles. The van der Waals surface area contributed by atoms with Gasteiger partial charge in [0.05, 0.1) is 19.4 Å². The van der Waals surface area contributed by atoms with Crippen LogP contribution in [0.1, 0.15) is 25.3 Å². The predicted octanol–water partition coefficient (Wildman–Crippen LogP) is 2.49. The Morgan fingerprint density at radius 2 is 1.50 bits per heavy atom. The highest BCUT2D eigenvalue weighted by atomic mass is 19.2. The van der Waals surface area contributed by atoms with Crippen molar-refractivity contribution in [3.05, 3.63) is 35.1 Å². The minimum Gasteiger partial charge on any atom is -0.466 e. The fraction of sp³-hybridized carbons (Fsp3) is 0.385. The van der Waals surface area contributed by atoms with Crippen molar-refractivity contribution in [1.29, 1.82) is 0 Å². The Morgan fingerprint density at radius 1 is 0.950 bits per heavy atom. The maximum absolute atomic E-state index is 13.2. The van der Waals surface area contributed by atoms with Crippen molar-refractivity contribution in [3.63, 3.8) is 0 Å². The average molecular weight is 290 g/mol. The van der Waals surface area contributed by atoms with E-state index in [1.807, 2.05) is 0 Å². The van der Waals surface area contributed by atoms with Crippen molar-refractivity contribution < 1.29 is 32.2 Å². The number of carbonyl (C=O) groups excluding carboxylic acids is 2. The number of carbonyl (C=O) groups is 2. The molecule has 110 valence electrons. The lowest BCUT2D eigenvalue weighted by molar-refractivity contribution is -0.150. The van der Waals surface area contributed by atoms with Crippen molar-refractivity contribution in [1.82, 2.24) is 0 Å². The van der Waals surface area contributed by atoms with Gasteiger partial charge in [-0.05, 0) is 13.0 Å². The van der Waals surface area contributed by atoms with Crippen molar-refractivity contribution in [2.45, 2.75) is 26.4 Å². The van der Waals surface area contributed by atoms with Crippen molar-refractivity contribution in [3.8, 4) is 0 Å². The maximum atomic E-state index is 13.2. The number of hydrogen-bond donors (Lipinski definition) is 0. The van der Waals surface area contributed by atoms with Crippen LogP contribution in [0.15, 0.2) is 12.1 Å².